The highest BCUT2D eigenvalue weighted by Gasteiger charge is 2.24. The van der Waals surface area contributed by atoms with E-state index in [2.05, 4.69) is 31.8 Å². The third-order valence-corrected chi connectivity index (χ3v) is 4.07. The van der Waals surface area contributed by atoms with Gasteiger partial charge in [-0.2, -0.15) is 5.10 Å². The van der Waals surface area contributed by atoms with Crippen LogP contribution in [-0.4, -0.2) is 42.4 Å². The van der Waals surface area contributed by atoms with Gasteiger partial charge in [-0.1, -0.05) is 11.3 Å². The number of fused-ring (bicyclic) bond motifs is 1. The molecule has 124 valence electrons. The van der Waals surface area contributed by atoms with Crippen molar-refractivity contribution in [2.75, 3.05) is 6.54 Å². The van der Waals surface area contributed by atoms with Crippen LogP contribution in [0, 0.1) is 0 Å². The van der Waals surface area contributed by atoms with E-state index < -0.39 is 0 Å². The Morgan fingerprint density at radius 1 is 1.38 bits per heavy atom. The van der Waals surface area contributed by atoms with Gasteiger partial charge >= 0.3 is 0 Å². The molecule has 0 amide bonds. The van der Waals surface area contributed by atoms with E-state index in [0.29, 0.717) is 13.2 Å². The Balaban J connectivity index is 1.37. The molecule has 0 saturated heterocycles. The number of rotatable bonds is 5. The number of hydrogen-bond acceptors (Lipinski definition) is 6. The van der Waals surface area contributed by atoms with E-state index in [1.807, 2.05) is 30.2 Å². The highest BCUT2D eigenvalue weighted by molar-refractivity contribution is 5.59. The zero-order valence-electron chi connectivity index (χ0n) is 13.5. The summed E-state index contributed by atoms with van der Waals surface area (Å²) in [6, 6.07) is 3.99. The van der Waals surface area contributed by atoms with E-state index in [0.717, 1.165) is 35.6 Å². The molecule has 0 unspecified atom stereocenters. The summed E-state index contributed by atoms with van der Waals surface area (Å²) in [5, 5.41) is 16.2. The van der Waals surface area contributed by atoms with Crippen LogP contribution in [0.4, 0.5) is 0 Å². The van der Waals surface area contributed by atoms with Gasteiger partial charge in [0.25, 0.3) is 0 Å². The largest absolute Gasteiger partial charge is 0.369 e. The van der Waals surface area contributed by atoms with Crippen LogP contribution in [0.2, 0.25) is 0 Å². The molecule has 1 aliphatic rings. The molecule has 0 fully saturated rings. The van der Waals surface area contributed by atoms with Gasteiger partial charge in [-0.3, -0.25) is 9.67 Å². The number of aryl methyl sites for hydroxylation is 1. The van der Waals surface area contributed by atoms with Crippen molar-refractivity contribution < 1.29 is 4.74 Å². The molecule has 8 nitrogen and oxygen atoms in total. The van der Waals surface area contributed by atoms with Crippen LogP contribution in [0.15, 0.2) is 36.9 Å². The first-order valence-electron chi connectivity index (χ1n) is 7.92. The normalized spacial score (nSPS) is 17.0. The molecule has 4 heterocycles. The molecular weight excluding hydrogens is 306 g/mol. The summed E-state index contributed by atoms with van der Waals surface area (Å²) in [7, 11) is 1.89. The molecule has 0 spiro atoms. The molecule has 1 aliphatic heterocycles. The Morgan fingerprint density at radius 3 is 3.12 bits per heavy atom. The number of nitrogens with zero attached hydrogens (tertiary/aromatic N) is 6. The SMILES string of the molecule is Cn1cc(-c2nnn3c2CO[C@@H](CNCc2cccnc2)C3)cn1. The average Bonchev–Trinajstić information content (AvgIpc) is 3.21. The second-order valence-corrected chi connectivity index (χ2v) is 5.89. The molecule has 0 radical (unpaired) electrons. The van der Waals surface area contributed by atoms with Crippen molar-refractivity contribution in [3.63, 3.8) is 0 Å². The van der Waals surface area contributed by atoms with Gasteiger partial charge in [0.05, 0.1) is 31.1 Å². The quantitative estimate of drug-likeness (QED) is 0.746. The third kappa shape index (κ3) is 3.06. The summed E-state index contributed by atoms with van der Waals surface area (Å²) in [5.74, 6) is 0. The highest BCUT2D eigenvalue weighted by Crippen LogP contribution is 2.24. The summed E-state index contributed by atoms with van der Waals surface area (Å²) < 4.78 is 9.66. The second-order valence-electron chi connectivity index (χ2n) is 5.89. The fourth-order valence-electron chi connectivity index (χ4n) is 2.84. The Bertz CT molecular complexity index is 811. The van der Waals surface area contributed by atoms with E-state index in [1.54, 1.807) is 17.1 Å². The first kappa shape index (κ1) is 15.0. The van der Waals surface area contributed by atoms with E-state index in [9.17, 15) is 0 Å². The maximum Gasteiger partial charge on any atom is 0.121 e. The van der Waals surface area contributed by atoms with Crippen molar-refractivity contribution in [3.05, 3.63) is 48.2 Å². The standard InChI is InChI=1S/C16H19N7O/c1-22-9-13(7-19-22)16-15-11-24-14(10-23(15)21-20-16)8-18-6-12-3-2-4-17-5-12/h2-5,7,9,14,18H,6,8,10-11H2,1H3/t14-/m0/s1. The molecule has 0 bridgehead atoms. The molecule has 0 aromatic carbocycles. The Hall–Kier alpha value is -2.58. The summed E-state index contributed by atoms with van der Waals surface area (Å²) in [5.41, 5.74) is 3.99. The number of hydrogen-bond donors (Lipinski definition) is 1. The summed E-state index contributed by atoms with van der Waals surface area (Å²) >= 11 is 0. The van der Waals surface area contributed by atoms with Gasteiger partial charge in [0.2, 0.25) is 0 Å². The molecule has 0 saturated carbocycles. The maximum atomic E-state index is 5.96. The predicted octanol–water partition coefficient (Wildman–Crippen LogP) is 0.762. The van der Waals surface area contributed by atoms with Gasteiger partial charge in [0.15, 0.2) is 0 Å². The lowest BCUT2D eigenvalue weighted by molar-refractivity contribution is 0.00125. The molecule has 8 heteroatoms. The zero-order chi connectivity index (χ0) is 16.4. The minimum absolute atomic E-state index is 0.0811. The lowest BCUT2D eigenvalue weighted by atomic mass is 10.2. The topological polar surface area (TPSA) is 82.7 Å². The van der Waals surface area contributed by atoms with E-state index >= 15 is 0 Å². The molecule has 0 aliphatic carbocycles. The number of ether oxygens (including phenoxy) is 1. The Labute approximate surface area is 139 Å². The number of nitrogens with one attached hydrogen (secondary N) is 1. The molecule has 3 aromatic rings. The van der Waals surface area contributed by atoms with Gasteiger partial charge < -0.3 is 10.1 Å². The van der Waals surface area contributed by atoms with Crippen molar-refractivity contribution in [2.45, 2.75) is 25.8 Å². The van der Waals surface area contributed by atoms with Crippen LogP contribution in [0.25, 0.3) is 11.3 Å². The van der Waals surface area contributed by atoms with E-state index in [4.69, 9.17) is 4.74 Å². The predicted molar refractivity (Wildman–Crippen MR) is 86.7 cm³/mol. The lowest BCUT2D eigenvalue weighted by Crippen LogP contribution is -2.36. The van der Waals surface area contributed by atoms with Crippen LogP contribution in [-0.2, 0) is 31.5 Å². The monoisotopic (exact) mass is 325 g/mol. The third-order valence-electron chi connectivity index (χ3n) is 4.07. The van der Waals surface area contributed by atoms with Gasteiger partial charge in [-0.15, -0.1) is 5.10 Å². The molecule has 1 N–H and O–H groups in total. The number of aromatic nitrogens is 6. The minimum atomic E-state index is 0.0811. The van der Waals surface area contributed by atoms with Crippen LogP contribution < -0.4 is 5.32 Å². The molecule has 24 heavy (non-hydrogen) atoms. The van der Waals surface area contributed by atoms with Crippen molar-refractivity contribution in [3.8, 4) is 11.3 Å². The minimum Gasteiger partial charge on any atom is -0.369 e. The van der Waals surface area contributed by atoms with Crippen molar-refractivity contribution in [2.24, 2.45) is 7.05 Å². The Morgan fingerprint density at radius 2 is 2.33 bits per heavy atom. The van der Waals surface area contributed by atoms with E-state index in [-0.39, 0.29) is 6.10 Å². The van der Waals surface area contributed by atoms with Gasteiger partial charge in [0, 0.05) is 44.3 Å². The average molecular weight is 325 g/mol. The summed E-state index contributed by atoms with van der Waals surface area (Å²) in [4.78, 5) is 4.11. The maximum absolute atomic E-state index is 5.96. The lowest BCUT2D eigenvalue weighted by Gasteiger charge is -2.24. The second kappa shape index (κ2) is 6.50. The Kier molecular flexibility index (Phi) is 4.06. The first-order chi connectivity index (χ1) is 11.8. The molecular formula is C16H19N7O. The van der Waals surface area contributed by atoms with Crippen LogP contribution in [0.3, 0.4) is 0 Å². The number of pyridine rings is 1. The van der Waals surface area contributed by atoms with Crippen LogP contribution >= 0.6 is 0 Å². The van der Waals surface area contributed by atoms with Crippen LogP contribution in [0.5, 0.6) is 0 Å². The highest BCUT2D eigenvalue weighted by atomic mass is 16.5. The van der Waals surface area contributed by atoms with Crippen molar-refractivity contribution >= 4 is 0 Å². The van der Waals surface area contributed by atoms with Gasteiger partial charge in [-0.25, -0.2) is 4.68 Å². The smallest absolute Gasteiger partial charge is 0.121 e. The van der Waals surface area contributed by atoms with Crippen molar-refractivity contribution in [1.82, 2.24) is 35.1 Å². The zero-order valence-corrected chi connectivity index (χ0v) is 13.5. The van der Waals surface area contributed by atoms with Crippen molar-refractivity contribution in [1.29, 1.82) is 0 Å². The molecule has 4 rings (SSSR count). The molecule has 1 atom stereocenters. The fraction of sp³-hybridized carbons (Fsp3) is 0.375. The summed E-state index contributed by atoms with van der Waals surface area (Å²) in [6.07, 6.45) is 7.46. The molecule has 3 aromatic heterocycles. The van der Waals surface area contributed by atoms with E-state index in [1.165, 1.54) is 0 Å². The summed E-state index contributed by atoms with van der Waals surface area (Å²) in [6.45, 7) is 2.74. The first-order valence-corrected chi connectivity index (χ1v) is 7.92. The fourth-order valence-corrected chi connectivity index (χ4v) is 2.84. The van der Waals surface area contributed by atoms with Gasteiger partial charge in [0.1, 0.15) is 5.69 Å². The van der Waals surface area contributed by atoms with Crippen LogP contribution in [0.1, 0.15) is 11.3 Å². The van der Waals surface area contributed by atoms with Gasteiger partial charge in [-0.05, 0) is 11.6 Å².